The Hall–Kier alpha value is -1.42. The maximum Gasteiger partial charge on any atom is 0.323 e. The number of carboxylic acids is 1. The summed E-state index contributed by atoms with van der Waals surface area (Å²) < 4.78 is 13.3. The number of benzene rings is 1. The number of hydrogen-bond donors (Lipinski definition) is 2. The van der Waals surface area contributed by atoms with Gasteiger partial charge in [0.25, 0.3) is 0 Å². The molecular formula is C10H14FNO2. The molecule has 0 fully saturated rings. The quantitative estimate of drug-likeness (QED) is 0.779. The molecule has 78 valence electrons. The molecule has 3 nitrogen and oxygen atoms in total. The number of carbonyl (C=O) groups is 1. The van der Waals surface area contributed by atoms with Crippen LogP contribution >= 0.6 is 0 Å². The van der Waals surface area contributed by atoms with Crippen LogP contribution in [0.1, 0.15) is 19.2 Å². The first-order chi connectivity index (χ1) is 6.13. The van der Waals surface area contributed by atoms with E-state index in [2.05, 4.69) is 0 Å². The summed E-state index contributed by atoms with van der Waals surface area (Å²) in [5.41, 5.74) is 5.41. The molecule has 0 saturated heterocycles. The highest BCUT2D eigenvalue weighted by atomic mass is 19.1. The van der Waals surface area contributed by atoms with Gasteiger partial charge in [-0.05, 0) is 5.56 Å². The molecule has 0 amide bonds. The van der Waals surface area contributed by atoms with Crippen LogP contribution < -0.4 is 5.73 Å². The Balaban J connectivity index is 0.00000169. The van der Waals surface area contributed by atoms with Gasteiger partial charge in [0.05, 0.1) is 0 Å². The van der Waals surface area contributed by atoms with Crippen molar-refractivity contribution in [1.82, 2.24) is 0 Å². The number of nitrogens with two attached hydrogens (primary N) is 1. The monoisotopic (exact) mass is 199 g/mol. The molecule has 0 aliphatic carbocycles. The fourth-order valence-electron chi connectivity index (χ4n) is 0.969. The molecule has 1 aromatic carbocycles. The van der Waals surface area contributed by atoms with E-state index in [1.54, 1.807) is 18.2 Å². The minimum Gasteiger partial charge on any atom is -0.480 e. The lowest BCUT2D eigenvalue weighted by Crippen LogP contribution is -2.34. The van der Waals surface area contributed by atoms with Gasteiger partial charge < -0.3 is 10.8 Å². The summed E-state index contributed by atoms with van der Waals surface area (Å²) in [6.45, 7) is 0. The highest BCUT2D eigenvalue weighted by molar-refractivity contribution is 5.74. The minimum atomic E-state index is -1.65. The number of aliphatic carboxylic acids is 1. The van der Waals surface area contributed by atoms with E-state index in [4.69, 9.17) is 10.8 Å². The molecule has 1 rings (SSSR count). The SMILES string of the molecule is C.N[C@H](C(=O)O)C(F)c1ccccc1. The van der Waals surface area contributed by atoms with Crippen LogP contribution in [-0.4, -0.2) is 17.1 Å². The van der Waals surface area contributed by atoms with Crippen LogP contribution in [0.15, 0.2) is 30.3 Å². The lowest BCUT2D eigenvalue weighted by Gasteiger charge is -2.12. The molecule has 0 aliphatic heterocycles. The van der Waals surface area contributed by atoms with Crippen molar-refractivity contribution in [1.29, 1.82) is 0 Å². The van der Waals surface area contributed by atoms with Crippen LogP contribution in [0.3, 0.4) is 0 Å². The second-order valence-electron chi connectivity index (χ2n) is 2.68. The van der Waals surface area contributed by atoms with Gasteiger partial charge in [-0.25, -0.2) is 4.39 Å². The summed E-state index contributed by atoms with van der Waals surface area (Å²) in [5, 5.41) is 8.45. The number of alkyl halides is 1. The van der Waals surface area contributed by atoms with Gasteiger partial charge in [-0.1, -0.05) is 37.8 Å². The van der Waals surface area contributed by atoms with E-state index in [1.165, 1.54) is 12.1 Å². The third-order valence-electron chi connectivity index (χ3n) is 1.72. The largest absolute Gasteiger partial charge is 0.480 e. The van der Waals surface area contributed by atoms with Crippen molar-refractivity contribution in [3.63, 3.8) is 0 Å². The first-order valence-corrected chi connectivity index (χ1v) is 3.80. The Morgan fingerprint density at radius 1 is 1.36 bits per heavy atom. The maximum atomic E-state index is 13.3. The number of hydrogen-bond acceptors (Lipinski definition) is 2. The Labute approximate surface area is 82.4 Å². The molecule has 1 aromatic rings. The maximum absolute atomic E-state index is 13.3. The fourth-order valence-corrected chi connectivity index (χ4v) is 0.969. The zero-order valence-corrected chi connectivity index (χ0v) is 6.85. The van der Waals surface area contributed by atoms with E-state index in [9.17, 15) is 9.18 Å². The summed E-state index contributed by atoms with van der Waals surface area (Å²) in [7, 11) is 0. The van der Waals surface area contributed by atoms with Gasteiger partial charge in [-0.2, -0.15) is 0 Å². The van der Waals surface area contributed by atoms with E-state index < -0.39 is 18.2 Å². The molecule has 0 saturated carbocycles. The summed E-state index contributed by atoms with van der Waals surface area (Å²) in [6, 6.07) is 6.51. The molecule has 0 aliphatic rings. The van der Waals surface area contributed by atoms with Crippen molar-refractivity contribution < 1.29 is 14.3 Å². The molecular weight excluding hydrogens is 185 g/mol. The van der Waals surface area contributed by atoms with Gasteiger partial charge in [0.15, 0.2) is 6.17 Å². The third kappa shape index (κ3) is 2.81. The van der Waals surface area contributed by atoms with Gasteiger partial charge in [0.2, 0.25) is 0 Å². The molecule has 0 bridgehead atoms. The van der Waals surface area contributed by atoms with E-state index in [0.29, 0.717) is 0 Å². The van der Waals surface area contributed by atoms with Crippen molar-refractivity contribution in [3.8, 4) is 0 Å². The summed E-state index contributed by atoms with van der Waals surface area (Å²) in [6.07, 6.45) is -1.65. The molecule has 0 heterocycles. The second kappa shape index (κ2) is 5.34. The van der Waals surface area contributed by atoms with Gasteiger partial charge in [0, 0.05) is 0 Å². The van der Waals surface area contributed by atoms with Crippen LogP contribution in [0.2, 0.25) is 0 Å². The van der Waals surface area contributed by atoms with Gasteiger partial charge in [-0.3, -0.25) is 4.79 Å². The standard InChI is InChI=1S/C9H10FNO2.CH4/c10-7(8(11)9(12)13)6-4-2-1-3-5-6;/h1-5,7-8H,11H2,(H,12,13);1H4/t7?,8-;/m0./s1. The van der Waals surface area contributed by atoms with Crippen LogP contribution in [0.4, 0.5) is 4.39 Å². The Bertz CT molecular complexity index is 289. The highest BCUT2D eigenvalue weighted by Gasteiger charge is 2.24. The first kappa shape index (κ1) is 12.6. The van der Waals surface area contributed by atoms with Gasteiger partial charge in [0.1, 0.15) is 6.04 Å². The van der Waals surface area contributed by atoms with Crippen molar-refractivity contribution in [2.24, 2.45) is 5.73 Å². The van der Waals surface area contributed by atoms with Crippen LogP contribution in [0, 0.1) is 0 Å². The van der Waals surface area contributed by atoms with Crippen LogP contribution in [-0.2, 0) is 4.79 Å². The normalized spacial score (nSPS) is 13.9. The molecule has 0 aromatic heterocycles. The van der Waals surface area contributed by atoms with Gasteiger partial charge in [-0.15, -0.1) is 0 Å². The fraction of sp³-hybridized carbons (Fsp3) is 0.300. The van der Waals surface area contributed by atoms with Crippen molar-refractivity contribution in [3.05, 3.63) is 35.9 Å². The number of rotatable bonds is 3. The van der Waals surface area contributed by atoms with E-state index in [0.717, 1.165) is 0 Å². The van der Waals surface area contributed by atoms with Crippen molar-refractivity contribution in [2.75, 3.05) is 0 Å². The van der Waals surface area contributed by atoms with Crippen LogP contribution in [0.5, 0.6) is 0 Å². The first-order valence-electron chi connectivity index (χ1n) is 3.80. The molecule has 2 atom stereocenters. The van der Waals surface area contributed by atoms with Crippen molar-refractivity contribution >= 4 is 5.97 Å². The molecule has 3 N–H and O–H groups in total. The topological polar surface area (TPSA) is 63.3 Å². The Morgan fingerprint density at radius 2 is 1.86 bits per heavy atom. The van der Waals surface area contributed by atoms with E-state index in [1.807, 2.05) is 0 Å². The van der Waals surface area contributed by atoms with Gasteiger partial charge >= 0.3 is 5.97 Å². The lowest BCUT2D eigenvalue weighted by atomic mass is 10.0. The molecule has 4 heteroatoms. The average molecular weight is 199 g/mol. The second-order valence-corrected chi connectivity index (χ2v) is 2.68. The molecule has 0 radical (unpaired) electrons. The van der Waals surface area contributed by atoms with Crippen LogP contribution in [0.25, 0.3) is 0 Å². The van der Waals surface area contributed by atoms with Crippen molar-refractivity contribution in [2.45, 2.75) is 19.6 Å². The predicted octanol–water partition coefficient (Wildman–Crippen LogP) is 1.75. The summed E-state index contributed by atoms with van der Waals surface area (Å²) >= 11 is 0. The number of halogens is 1. The minimum absolute atomic E-state index is 0. The smallest absolute Gasteiger partial charge is 0.323 e. The lowest BCUT2D eigenvalue weighted by molar-refractivity contribution is -0.140. The zero-order valence-electron chi connectivity index (χ0n) is 6.85. The zero-order chi connectivity index (χ0) is 9.84. The molecule has 0 spiro atoms. The summed E-state index contributed by atoms with van der Waals surface area (Å²) in [5.74, 6) is -1.34. The Kier molecular flexibility index (Phi) is 4.80. The van der Waals surface area contributed by atoms with E-state index in [-0.39, 0.29) is 13.0 Å². The highest BCUT2D eigenvalue weighted by Crippen LogP contribution is 2.19. The average Bonchev–Trinajstić information content (AvgIpc) is 2.17. The third-order valence-corrected chi connectivity index (χ3v) is 1.72. The number of carboxylic acid groups (broad SMARTS) is 1. The predicted molar refractivity (Wildman–Crippen MR) is 52.6 cm³/mol. The van der Waals surface area contributed by atoms with E-state index >= 15 is 0 Å². The molecule has 1 unspecified atom stereocenters. The summed E-state index contributed by atoms with van der Waals surface area (Å²) in [4.78, 5) is 10.3. The Morgan fingerprint density at radius 3 is 2.29 bits per heavy atom. The molecule has 14 heavy (non-hydrogen) atoms.